The third-order valence-corrected chi connectivity index (χ3v) is 4.50. The molecule has 1 aliphatic rings. The van der Waals surface area contributed by atoms with Gasteiger partial charge in [-0.15, -0.1) is 0 Å². The van der Waals surface area contributed by atoms with Crippen LogP contribution in [0.15, 0.2) is 41.9 Å². The predicted molar refractivity (Wildman–Crippen MR) is 98.3 cm³/mol. The molecule has 2 aromatic rings. The van der Waals surface area contributed by atoms with Gasteiger partial charge in [-0.3, -0.25) is 0 Å². The lowest BCUT2D eigenvalue weighted by molar-refractivity contribution is 0.410. The molecule has 0 saturated heterocycles. The number of guanidine groups is 1. The van der Waals surface area contributed by atoms with Crippen LogP contribution in [-0.2, 0) is 6.54 Å². The number of imidazole rings is 1. The van der Waals surface area contributed by atoms with Crippen LogP contribution in [-0.4, -0.2) is 28.1 Å². The van der Waals surface area contributed by atoms with Crippen molar-refractivity contribution in [3.05, 3.63) is 48.3 Å². The highest BCUT2D eigenvalue weighted by Crippen LogP contribution is 2.18. The lowest BCUT2D eigenvalue weighted by Gasteiger charge is -2.24. The molecule has 2 N–H and O–H groups in total. The number of nitrogens with one attached hydrogen (secondary N) is 2. The predicted octanol–water partition coefficient (Wildman–Crippen LogP) is 3.40. The van der Waals surface area contributed by atoms with Crippen LogP contribution in [0.5, 0.6) is 0 Å². The van der Waals surface area contributed by atoms with Gasteiger partial charge in [-0.25, -0.2) is 14.4 Å². The fraction of sp³-hybridized carbons (Fsp3) is 0.474. The van der Waals surface area contributed by atoms with Crippen LogP contribution >= 0.6 is 0 Å². The Labute approximate surface area is 148 Å². The normalized spacial score (nSPS) is 16.0. The molecule has 0 atom stereocenters. The largest absolute Gasteiger partial charge is 0.357 e. The first kappa shape index (κ1) is 17.5. The summed E-state index contributed by atoms with van der Waals surface area (Å²) < 4.78 is 16.0. The number of hydrogen-bond acceptors (Lipinski definition) is 2. The second-order valence-electron chi connectivity index (χ2n) is 6.43. The van der Waals surface area contributed by atoms with Gasteiger partial charge in [0.15, 0.2) is 5.96 Å². The van der Waals surface area contributed by atoms with E-state index in [0.29, 0.717) is 18.3 Å². The third-order valence-electron chi connectivity index (χ3n) is 4.50. The standard InChI is InChI=1S/C19H26FN5/c1-2-22-19(24-16-6-4-3-5-7-16)23-13-15-8-9-18(17(20)12-15)25-11-10-21-14-25/h8-12,14,16H,2-7,13H2,1H3,(H2,22,23,24). The molecule has 0 radical (unpaired) electrons. The highest BCUT2D eigenvalue weighted by Gasteiger charge is 2.14. The van der Waals surface area contributed by atoms with Crippen molar-refractivity contribution in [3.8, 4) is 5.69 Å². The average molecular weight is 343 g/mol. The molecule has 1 aromatic heterocycles. The minimum absolute atomic E-state index is 0.268. The molecule has 1 aromatic carbocycles. The van der Waals surface area contributed by atoms with Crippen molar-refractivity contribution in [2.45, 2.75) is 51.6 Å². The Hall–Kier alpha value is -2.37. The van der Waals surface area contributed by atoms with E-state index in [1.54, 1.807) is 35.4 Å². The number of aliphatic imine (C=N–C) groups is 1. The number of rotatable bonds is 5. The number of halogens is 1. The van der Waals surface area contributed by atoms with Crippen LogP contribution in [0.3, 0.4) is 0 Å². The maximum atomic E-state index is 14.3. The Morgan fingerprint density at radius 3 is 2.84 bits per heavy atom. The Morgan fingerprint density at radius 1 is 1.32 bits per heavy atom. The van der Waals surface area contributed by atoms with E-state index >= 15 is 0 Å². The average Bonchev–Trinajstić information content (AvgIpc) is 3.15. The van der Waals surface area contributed by atoms with Gasteiger partial charge in [0.2, 0.25) is 0 Å². The van der Waals surface area contributed by atoms with Crippen LogP contribution < -0.4 is 10.6 Å². The zero-order valence-corrected chi connectivity index (χ0v) is 14.7. The van der Waals surface area contributed by atoms with Crippen molar-refractivity contribution in [3.63, 3.8) is 0 Å². The Balaban J connectivity index is 1.66. The summed E-state index contributed by atoms with van der Waals surface area (Å²) in [6.45, 7) is 3.31. The zero-order valence-electron chi connectivity index (χ0n) is 14.7. The first-order valence-corrected chi connectivity index (χ1v) is 9.08. The van der Waals surface area contributed by atoms with Crippen molar-refractivity contribution in [2.24, 2.45) is 4.99 Å². The number of aromatic nitrogens is 2. The van der Waals surface area contributed by atoms with Crippen LogP contribution in [0.25, 0.3) is 5.69 Å². The minimum Gasteiger partial charge on any atom is -0.357 e. The maximum Gasteiger partial charge on any atom is 0.191 e. The summed E-state index contributed by atoms with van der Waals surface area (Å²) in [6, 6.07) is 5.71. The molecule has 1 aliphatic carbocycles. The van der Waals surface area contributed by atoms with E-state index in [2.05, 4.69) is 27.5 Å². The molecule has 0 spiro atoms. The van der Waals surface area contributed by atoms with Gasteiger partial charge in [-0.1, -0.05) is 25.3 Å². The summed E-state index contributed by atoms with van der Waals surface area (Å²) in [5.41, 5.74) is 1.35. The van der Waals surface area contributed by atoms with Gasteiger partial charge in [0.1, 0.15) is 5.82 Å². The summed E-state index contributed by atoms with van der Waals surface area (Å²) in [5.74, 6) is 0.546. The van der Waals surface area contributed by atoms with Gasteiger partial charge in [-0.2, -0.15) is 0 Å². The van der Waals surface area contributed by atoms with Gasteiger partial charge in [0.25, 0.3) is 0 Å². The number of nitrogens with zero attached hydrogens (tertiary/aromatic N) is 3. The summed E-state index contributed by atoms with van der Waals surface area (Å²) in [6.07, 6.45) is 11.2. The Kier molecular flexibility index (Phi) is 6.04. The van der Waals surface area contributed by atoms with E-state index < -0.39 is 0 Å². The van der Waals surface area contributed by atoms with Crippen molar-refractivity contribution in [1.82, 2.24) is 20.2 Å². The van der Waals surface area contributed by atoms with E-state index in [1.807, 2.05) is 6.07 Å². The van der Waals surface area contributed by atoms with Crippen LogP contribution in [0, 0.1) is 5.82 Å². The third kappa shape index (κ3) is 4.81. The van der Waals surface area contributed by atoms with E-state index in [1.165, 1.54) is 32.1 Å². The van der Waals surface area contributed by atoms with Gasteiger partial charge >= 0.3 is 0 Å². The Bertz CT molecular complexity index is 690. The number of hydrogen-bond donors (Lipinski definition) is 2. The molecule has 25 heavy (non-hydrogen) atoms. The van der Waals surface area contributed by atoms with E-state index in [9.17, 15) is 4.39 Å². The molecule has 0 unspecified atom stereocenters. The topological polar surface area (TPSA) is 54.2 Å². The van der Waals surface area contributed by atoms with Gasteiger partial charge in [0.05, 0.1) is 18.6 Å². The van der Waals surface area contributed by atoms with E-state index in [-0.39, 0.29) is 5.82 Å². The van der Waals surface area contributed by atoms with E-state index in [4.69, 9.17) is 0 Å². The lowest BCUT2D eigenvalue weighted by Crippen LogP contribution is -2.44. The molecule has 1 heterocycles. The quantitative estimate of drug-likeness (QED) is 0.646. The van der Waals surface area contributed by atoms with E-state index in [0.717, 1.165) is 18.1 Å². The molecule has 0 bridgehead atoms. The molecule has 6 heteroatoms. The minimum atomic E-state index is -0.268. The summed E-state index contributed by atoms with van der Waals surface area (Å²) in [5, 5.41) is 6.79. The van der Waals surface area contributed by atoms with Crippen LogP contribution in [0.2, 0.25) is 0 Å². The van der Waals surface area contributed by atoms with Gasteiger partial charge < -0.3 is 15.2 Å². The smallest absolute Gasteiger partial charge is 0.191 e. The lowest BCUT2D eigenvalue weighted by atomic mass is 9.96. The second kappa shape index (κ2) is 8.65. The maximum absolute atomic E-state index is 14.3. The van der Waals surface area contributed by atoms with Crippen molar-refractivity contribution < 1.29 is 4.39 Å². The molecule has 1 fully saturated rings. The zero-order chi connectivity index (χ0) is 17.5. The molecular weight excluding hydrogens is 317 g/mol. The molecule has 1 saturated carbocycles. The highest BCUT2D eigenvalue weighted by atomic mass is 19.1. The summed E-state index contributed by atoms with van der Waals surface area (Å²) >= 11 is 0. The van der Waals surface area contributed by atoms with Crippen molar-refractivity contribution >= 4 is 5.96 Å². The first-order valence-electron chi connectivity index (χ1n) is 9.08. The molecule has 0 amide bonds. The van der Waals surface area contributed by atoms with Gasteiger partial charge in [-0.05, 0) is 37.5 Å². The summed E-state index contributed by atoms with van der Waals surface area (Å²) in [4.78, 5) is 8.58. The SMILES string of the molecule is CCNC(=NCc1ccc(-n2ccnc2)c(F)c1)NC1CCCCC1. The van der Waals surface area contributed by atoms with Crippen LogP contribution in [0.1, 0.15) is 44.6 Å². The molecule has 3 rings (SSSR count). The van der Waals surface area contributed by atoms with Gasteiger partial charge in [0, 0.05) is 25.0 Å². The highest BCUT2D eigenvalue weighted by molar-refractivity contribution is 5.80. The first-order chi connectivity index (χ1) is 12.3. The van der Waals surface area contributed by atoms with Crippen molar-refractivity contribution in [2.75, 3.05) is 6.54 Å². The molecule has 0 aliphatic heterocycles. The second-order valence-corrected chi connectivity index (χ2v) is 6.43. The molecule has 134 valence electrons. The summed E-state index contributed by atoms with van der Waals surface area (Å²) in [7, 11) is 0. The monoisotopic (exact) mass is 343 g/mol. The number of benzene rings is 1. The fourth-order valence-corrected chi connectivity index (χ4v) is 3.19. The molecule has 5 nitrogen and oxygen atoms in total. The molecular formula is C19H26FN5. The van der Waals surface area contributed by atoms with Crippen molar-refractivity contribution in [1.29, 1.82) is 0 Å². The fourth-order valence-electron chi connectivity index (χ4n) is 3.19. The van der Waals surface area contributed by atoms with Crippen LogP contribution in [0.4, 0.5) is 4.39 Å². The Morgan fingerprint density at radius 2 is 2.16 bits per heavy atom.